The zero-order chi connectivity index (χ0) is 20.9. The molecule has 2 aliphatic heterocycles. The SMILES string of the molecule is C[C@@H]1CC[C@]2(OC1)O[C@@H]1C[C@@H]3[C@H]4CC[C@H]5C[C@@H](O)CC[C@]5(C)[C@@H]4CC[C@]3(C)[C@@H]1[C@H]2C. The fraction of sp³-hybridized carbons (Fsp3) is 1.00. The molecule has 4 aliphatic carbocycles. The van der Waals surface area contributed by atoms with Crippen molar-refractivity contribution >= 4 is 0 Å². The predicted octanol–water partition coefficient (Wildman–Crippen LogP) is 5.79. The maximum Gasteiger partial charge on any atom is 0.171 e. The molecule has 12 atom stereocenters. The van der Waals surface area contributed by atoms with Crippen molar-refractivity contribution in [3.63, 3.8) is 0 Å². The van der Waals surface area contributed by atoms with Gasteiger partial charge in [0.1, 0.15) is 0 Å². The van der Waals surface area contributed by atoms with Gasteiger partial charge in [-0.05, 0) is 104 Å². The number of fused-ring (bicyclic) bond motifs is 7. The summed E-state index contributed by atoms with van der Waals surface area (Å²) in [5, 5.41) is 10.3. The van der Waals surface area contributed by atoms with Gasteiger partial charge in [-0.25, -0.2) is 0 Å². The maximum absolute atomic E-state index is 10.3. The normalized spacial score (nSPS) is 62.5. The summed E-state index contributed by atoms with van der Waals surface area (Å²) >= 11 is 0. The Morgan fingerprint density at radius 1 is 0.833 bits per heavy atom. The summed E-state index contributed by atoms with van der Waals surface area (Å²) in [6, 6.07) is 0. The van der Waals surface area contributed by atoms with Gasteiger partial charge in [0.15, 0.2) is 5.79 Å². The quantitative estimate of drug-likeness (QED) is 0.543. The van der Waals surface area contributed by atoms with E-state index in [1.54, 1.807) is 0 Å². The highest BCUT2D eigenvalue weighted by atomic mass is 16.7. The number of hydrogen-bond acceptors (Lipinski definition) is 3. The van der Waals surface area contributed by atoms with Crippen LogP contribution in [0, 0.1) is 52.3 Å². The molecule has 4 saturated carbocycles. The van der Waals surface area contributed by atoms with Crippen molar-refractivity contribution in [3.8, 4) is 0 Å². The molecule has 1 N–H and O–H groups in total. The topological polar surface area (TPSA) is 38.7 Å². The summed E-state index contributed by atoms with van der Waals surface area (Å²) in [6.45, 7) is 10.9. The molecule has 170 valence electrons. The zero-order valence-electron chi connectivity index (χ0n) is 19.7. The van der Waals surface area contributed by atoms with E-state index in [4.69, 9.17) is 9.47 Å². The second-order valence-corrected chi connectivity index (χ2v) is 13.1. The first-order valence-electron chi connectivity index (χ1n) is 13.3. The van der Waals surface area contributed by atoms with E-state index >= 15 is 0 Å². The van der Waals surface area contributed by atoms with E-state index < -0.39 is 0 Å². The van der Waals surface area contributed by atoms with Gasteiger partial charge in [-0.15, -0.1) is 0 Å². The minimum absolute atomic E-state index is 0.0389. The van der Waals surface area contributed by atoms with E-state index in [2.05, 4.69) is 27.7 Å². The molecule has 3 heteroatoms. The molecule has 6 fully saturated rings. The highest BCUT2D eigenvalue weighted by molar-refractivity contribution is 5.15. The van der Waals surface area contributed by atoms with Gasteiger partial charge in [-0.1, -0.05) is 27.7 Å². The van der Waals surface area contributed by atoms with Crippen molar-refractivity contribution in [2.24, 2.45) is 52.3 Å². The lowest BCUT2D eigenvalue weighted by Crippen LogP contribution is -2.55. The van der Waals surface area contributed by atoms with Crippen LogP contribution in [0.5, 0.6) is 0 Å². The lowest BCUT2D eigenvalue weighted by Gasteiger charge is -2.61. The Balaban J connectivity index is 1.26. The molecule has 0 aromatic rings. The first kappa shape index (κ1) is 20.5. The Morgan fingerprint density at radius 2 is 1.63 bits per heavy atom. The highest BCUT2D eigenvalue weighted by Crippen LogP contribution is 2.71. The standard InChI is InChI=1S/C27H44O3/c1-16-7-12-27(29-15-16)17(2)24-23(30-27)14-22-20-6-5-18-13-19(28)8-10-25(18,3)21(20)9-11-26(22,24)4/h16-24,28H,5-15H2,1-4H3/t16-,17-,18+,19+,20+,21-,22-,23-,24-,25+,26+,27+/m1/s1. The number of aliphatic hydroxyl groups is 1. The van der Waals surface area contributed by atoms with Crippen LogP contribution < -0.4 is 0 Å². The summed E-state index contributed by atoms with van der Waals surface area (Å²) in [6.07, 6.45) is 12.9. The monoisotopic (exact) mass is 416 g/mol. The van der Waals surface area contributed by atoms with Crippen LogP contribution >= 0.6 is 0 Å². The second-order valence-electron chi connectivity index (χ2n) is 13.1. The van der Waals surface area contributed by atoms with Crippen molar-refractivity contribution < 1.29 is 14.6 Å². The van der Waals surface area contributed by atoms with E-state index in [1.807, 2.05) is 0 Å². The van der Waals surface area contributed by atoms with Gasteiger partial charge in [-0.3, -0.25) is 0 Å². The van der Waals surface area contributed by atoms with Crippen LogP contribution in [-0.2, 0) is 9.47 Å². The Bertz CT molecular complexity index is 684. The fourth-order valence-corrected chi connectivity index (χ4v) is 10.3. The van der Waals surface area contributed by atoms with Crippen LogP contribution in [-0.4, -0.2) is 29.7 Å². The Hall–Kier alpha value is -0.120. The number of rotatable bonds is 0. The zero-order valence-corrected chi connectivity index (χ0v) is 19.7. The summed E-state index contributed by atoms with van der Waals surface area (Å²) in [5.74, 6) is 4.93. The Labute approximate surface area is 183 Å². The van der Waals surface area contributed by atoms with Crippen LogP contribution in [0.4, 0.5) is 0 Å². The third-order valence-electron chi connectivity index (χ3n) is 11.9. The Kier molecular flexibility index (Phi) is 4.58. The smallest absolute Gasteiger partial charge is 0.171 e. The van der Waals surface area contributed by atoms with E-state index in [-0.39, 0.29) is 11.9 Å². The van der Waals surface area contributed by atoms with E-state index in [1.165, 1.54) is 44.9 Å². The number of hydrogen-bond donors (Lipinski definition) is 1. The number of ether oxygens (including phenoxy) is 2. The molecule has 2 saturated heterocycles. The van der Waals surface area contributed by atoms with E-state index in [0.717, 1.165) is 49.5 Å². The fourth-order valence-electron chi connectivity index (χ4n) is 10.3. The third kappa shape index (κ3) is 2.61. The third-order valence-corrected chi connectivity index (χ3v) is 11.9. The van der Waals surface area contributed by atoms with Crippen molar-refractivity contribution in [2.45, 2.75) is 110 Å². The average Bonchev–Trinajstić information content (AvgIpc) is 3.16. The summed E-state index contributed by atoms with van der Waals surface area (Å²) in [7, 11) is 0. The molecule has 0 bridgehead atoms. The highest BCUT2D eigenvalue weighted by Gasteiger charge is 2.69. The molecular weight excluding hydrogens is 372 g/mol. The minimum atomic E-state index is -0.282. The van der Waals surface area contributed by atoms with Crippen LogP contribution in [0.2, 0.25) is 0 Å². The van der Waals surface area contributed by atoms with Crippen LogP contribution in [0.1, 0.15) is 91.9 Å². The Morgan fingerprint density at radius 3 is 2.40 bits per heavy atom. The van der Waals surface area contributed by atoms with E-state index in [9.17, 15) is 5.11 Å². The van der Waals surface area contributed by atoms with Crippen LogP contribution in [0.25, 0.3) is 0 Å². The van der Waals surface area contributed by atoms with Crippen LogP contribution in [0.15, 0.2) is 0 Å². The van der Waals surface area contributed by atoms with Gasteiger partial charge >= 0.3 is 0 Å². The molecule has 0 unspecified atom stereocenters. The maximum atomic E-state index is 10.3. The van der Waals surface area contributed by atoms with Gasteiger partial charge in [0.2, 0.25) is 0 Å². The minimum Gasteiger partial charge on any atom is -0.393 e. The van der Waals surface area contributed by atoms with Crippen molar-refractivity contribution in [1.29, 1.82) is 0 Å². The number of aliphatic hydroxyl groups excluding tert-OH is 1. The molecule has 6 rings (SSSR count). The molecule has 0 radical (unpaired) electrons. The van der Waals surface area contributed by atoms with Crippen molar-refractivity contribution in [2.75, 3.05) is 6.61 Å². The van der Waals surface area contributed by atoms with Crippen molar-refractivity contribution in [3.05, 3.63) is 0 Å². The van der Waals surface area contributed by atoms with Crippen LogP contribution in [0.3, 0.4) is 0 Å². The van der Waals surface area contributed by atoms with Gasteiger partial charge in [0.05, 0.1) is 18.8 Å². The average molecular weight is 417 g/mol. The first-order valence-corrected chi connectivity index (χ1v) is 13.3. The molecule has 6 aliphatic rings. The first-order chi connectivity index (χ1) is 14.3. The molecule has 0 aromatic heterocycles. The van der Waals surface area contributed by atoms with Gasteiger partial charge in [0, 0.05) is 12.3 Å². The molecule has 30 heavy (non-hydrogen) atoms. The molecule has 1 spiro atoms. The molecule has 0 amide bonds. The lowest BCUT2D eigenvalue weighted by atomic mass is 9.44. The summed E-state index contributed by atoms with van der Waals surface area (Å²) < 4.78 is 13.4. The molecule has 2 heterocycles. The van der Waals surface area contributed by atoms with Gasteiger partial charge < -0.3 is 14.6 Å². The largest absolute Gasteiger partial charge is 0.393 e. The lowest BCUT2D eigenvalue weighted by molar-refractivity contribution is -0.273. The van der Waals surface area contributed by atoms with E-state index in [0.29, 0.717) is 34.7 Å². The predicted molar refractivity (Wildman–Crippen MR) is 118 cm³/mol. The summed E-state index contributed by atoms with van der Waals surface area (Å²) in [5.41, 5.74) is 0.899. The molecular formula is C27H44O3. The molecule has 3 nitrogen and oxygen atoms in total. The van der Waals surface area contributed by atoms with Gasteiger partial charge in [-0.2, -0.15) is 0 Å². The van der Waals surface area contributed by atoms with Crippen molar-refractivity contribution in [1.82, 2.24) is 0 Å². The molecule has 0 aromatic carbocycles. The summed E-state index contributed by atoms with van der Waals surface area (Å²) in [4.78, 5) is 0. The van der Waals surface area contributed by atoms with Gasteiger partial charge in [0.25, 0.3) is 0 Å². The second kappa shape index (κ2) is 6.70.